The summed E-state index contributed by atoms with van der Waals surface area (Å²) in [6.07, 6.45) is -1.77. The van der Waals surface area contributed by atoms with Crippen LogP contribution in [0.25, 0.3) is 89.7 Å². The van der Waals surface area contributed by atoms with Gasteiger partial charge in [0.15, 0.2) is 0 Å². The molecule has 0 amide bonds. The summed E-state index contributed by atoms with van der Waals surface area (Å²) in [6, 6.07) is 20.1. The Morgan fingerprint density at radius 3 is 1.06 bits per heavy atom. The van der Waals surface area contributed by atoms with Gasteiger partial charge in [0.05, 0.1) is 70.0 Å². The minimum absolute atomic E-state index is 0. The van der Waals surface area contributed by atoms with Crippen LogP contribution in [0.15, 0.2) is 72.8 Å². The molecule has 0 spiro atoms. The summed E-state index contributed by atoms with van der Waals surface area (Å²) in [7, 11) is 0. The molecule has 0 atom stereocenters. The Bertz CT molecular complexity index is 3080. The standard InChI is InChI=1S/C48H41N8O8.Cu/c1-21(2)61-45(57)29-17-9-13-25-33(29)41-49-37(25)54-42-35-27(15-11-19-31(35)47(59)63-23(5)6)39(51-42)56-44-36-28(16-12-20-32(36)48(60)64-24(7)8)40(52-44)55-43-34-26(38(50-43)53-41)14-10-18-30(34)46(58)62-22(3)4;/h9-24H,1-8H3,(H-,49,50,51,52,53,54,55,56,57,58,59,60);/q-1;+2/p-1. The summed E-state index contributed by atoms with van der Waals surface area (Å²) < 4.78 is 22.7. The van der Waals surface area contributed by atoms with Gasteiger partial charge in [-0.15, -0.1) is 0 Å². The van der Waals surface area contributed by atoms with E-state index in [0.29, 0.717) is 43.8 Å². The van der Waals surface area contributed by atoms with E-state index >= 15 is 0 Å². The molecule has 2 aliphatic rings. The van der Waals surface area contributed by atoms with Crippen molar-refractivity contribution < 1.29 is 55.2 Å². The van der Waals surface area contributed by atoms with Crippen molar-refractivity contribution in [1.82, 2.24) is 39.9 Å². The van der Waals surface area contributed by atoms with E-state index in [1.165, 1.54) is 0 Å². The van der Waals surface area contributed by atoms with Gasteiger partial charge < -0.3 is 48.9 Å². The molecule has 1 radical (unpaired) electrons. The predicted octanol–water partition coefficient (Wildman–Crippen LogP) is 8.39. The molecule has 3 aromatic heterocycles. The van der Waals surface area contributed by atoms with Crippen molar-refractivity contribution in [3.05, 3.63) is 95.1 Å². The smallest absolute Gasteiger partial charge is 0.459 e. The van der Waals surface area contributed by atoms with Gasteiger partial charge in [-0.1, -0.05) is 48.5 Å². The normalized spacial score (nSPS) is 11.8. The summed E-state index contributed by atoms with van der Waals surface area (Å²) in [5.74, 6) is -2.12. The fraction of sp³-hybridized carbons (Fsp3) is 0.250. The summed E-state index contributed by atoms with van der Waals surface area (Å²) in [6.45, 7) is 14.0. The minimum Gasteiger partial charge on any atom is -0.459 e. The molecule has 2 aliphatic heterocycles. The molecule has 0 saturated heterocycles. The number of carbonyl (C=O) groups is 4. The molecule has 331 valence electrons. The number of carbonyl (C=O) groups excluding carboxylic acids is 4. The van der Waals surface area contributed by atoms with Gasteiger partial charge in [0.2, 0.25) is 0 Å². The maximum Gasteiger partial charge on any atom is 2.00 e. The van der Waals surface area contributed by atoms with Crippen molar-refractivity contribution in [2.24, 2.45) is 0 Å². The summed E-state index contributed by atoms with van der Waals surface area (Å²) in [5.41, 5.74) is 2.48. The van der Waals surface area contributed by atoms with Gasteiger partial charge in [0, 0.05) is 55.6 Å². The Morgan fingerprint density at radius 2 is 0.708 bits per heavy atom. The second kappa shape index (κ2) is 17.3. The van der Waals surface area contributed by atoms with Crippen molar-refractivity contribution in [2.45, 2.75) is 79.8 Å². The third-order valence-corrected chi connectivity index (χ3v) is 10.1. The predicted molar refractivity (Wildman–Crippen MR) is 236 cm³/mol. The zero-order chi connectivity index (χ0) is 45.1. The largest absolute Gasteiger partial charge is 2.00 e. The van der Waals surface area contributed by atoms with Gasteiger partial charge in [-0.2, -0.15) is 0 Å². The average molecular weight is 920 g/mol. The number of fused-ring (bicyclic) bond motifs is 20. The fourth-order valence-corrected chi connectivity index (χ4v) is 7.64. The molecular formula is C48H40CuN8O8. The Morgan fingerprint density at radius 1 is 0.400 bits per heavy atom. The molecule has 0 aliphatic carbocycles. The first-order valence-electron chi connectivity index (χ1n) is 20.7. The van der Waals surface area contributed by atoms with Gasteiger partial charge in [-0.3, -0.25) is 0 Å². The maximum atomic E-state index is 13.7. The van der Waals surface area contributed by atoms with Crippen LogP contribution in [0.5, 0.6) is 0 Å². The number of aromatic nitrogens is 8. The number of nitrogens with zero attached hydrogens (tertiary/aromatic N) is 8. The molecule has 0 unspecified atom stereocenters. The number of benzene rings is 4. The van der Waals surface area contributed by atoms with Crippen molar-refractivity contribution in [3.63, 3.8) is 0 Å². The van der Waals surface area contributed by atoms with Crippen LogP contribution in [0.3, 0.4) is 0 Å². The second-order valence-electron chi connectivity index (χ2n) is 16.2. The molecule has 17 heteroatoms. The van der Waals surface area contributed by atoms with E-state index in [4.69, 9.17) is 58.8 Å². The summed E-state index contributed by atoms with van der Waals surface area (Å²) in [5, 5.41) is 1.47. The molecule has 8 bridgehead atoms. The number of hydrogen-bond acceptors (Lipinski definition) is 14. The quantitative estimate of drug-likeness (QED) is 0.0796. The van der Waals surface area contributed by atoms with Crippen LogP contribution in [0.1, 0.15) is 96.8 Å². The monoisotopic (exact) mass is 919 g/mol. The zero-order valence-electron chi connectivity index (χ0n) is 36.4. The first-order valence-corrected chi connectivity index (χ1v) is 20.7. The van der Waals surface area contributed by atoms with Crippen molar-refractivity contribution in [2.75, 3.05) is 0 Å². The van der Waals surface area contributed by atoms with Gasteiger partial charge in [-0.25, -0.2) is 29.1 Å². The van der Waals surface area contributed by atoms with Crippen LogP contribution >= 0.6 is 0 Å². The minimum atomic E-state index is -0.616. The van der Waals surface area contributed by atoms with E-state index in [2.05, 4.69) is 0 Å². The van der Waals surface area contributed by atoms with E-state index in [1.807, 2.05) is 0 Å². The third-order valence-electron chi connectivity index (χ3n) is 10.1. The van der Waals surface area contributed by atoms with Gasteiger partial charge in [0.25, 0.3) is 0 Å². The number of esters is 4. The molecule has 9 rings (SSSR count). The van der Waals surface area contributed by atoms with Crippen LogP contribution in [0, 0.1) is 0 Å². The second-order valence-corrected chi connectivity index (χ2v) is 16.2. The van der Waals surface area contributed by atoms with E-state index in [9.17, 15) is 19.2 Å². The number of rotatable bonds is 8. The van der Waals surface area contributed by atoms with Crippen LogP contribution < -0.4 is 9.97 Å². The van der Waals surface area contributed by atoms with Gasteiger partial charge in [0.1, 0.15) is 0 Å². The van der Waals surface area contributed by atoms with E-state index in [-0.39, 0.29) is 85.2 Å². The third kappa shape index (κ3) is 8.08. The molecule has 0 N–H and O–H groups in total. The average Bonchev–Trinajstić information content (AvgIpc) is 3.98. The number of ether oxygens (including phenoxy) is 4. The Kier molecular flexibility index (Phi) is 11.8. The molecule has 5 heterocycles. The SMILES string of the molecule is CC(C)OC(=O)c1cccc2c1-c1nc-2nc2[n-]c(nc3nc(nc4[n-]c(n1)c1cccc(C(=O)OC(C)C)c41)-c1cccc(C(=O)OC(C)C)c1-3)c1cccc(C(=O)OC(C)C)c21.[Cu+2]. The Hall–Kier alpha value is -7.36. The zero-order valence-corrected chi connectivity index (χ0v) is 37.3. The van der Waals surface area contributed by atoms with Crippen LogP contribution in [0.4, 0.5) is 0 Å². The van der Waals surface area contributed by atoms with Crippen molar-refractivity contribution in [3.8, 4) is 45.6 Å². The fourth-order valence-electron chi connectivity index (χ4n) is 7.64. The van der Waals surface area contributed by atoms with Crippen molar-refractivity contribution >= 4 is 68.0 Å². The Labute approximate surface area is 382 Å². The Balaban J connectivity index is 0.00000576. The van der Waals surface area contributed by atoms with E-state index in [1.54, 1.807) is 128 Å². The maximum absolute atomic E-state index is 13.7. The van der Waals surface area contributed by atoms with Crippen molar-refractivity contribution in [1.29, 1.82) is 0 Å². The number of hydrogen-bond donors (Lipinski definition) is 0. The molecular weight excluding hydrogens is 880 g/mol. The van der Waals surface area contributed by atoms with Crippen LogP contribution in [-0.4, -0.2) is 78.2 Å². The van der Waals surface area contributed by atoms with E-state index in [0.717, 1.165) is 0 Å². The topological polar surface area (TPSA) is 211 Å². The molecule has 0 fully saturated rings. The molecule has 65 heavy (non-hydrogen) atoms. The summed E-state index contributed by atoms with van der Waals surface area (Å²) >= 11 is 0. The summed E-state index contributed by atoms with van der Waals surface area (Å²) in [4.78, 5) is 94.5. The van der Waals surface area contributed by atoms with Crippen LogP contribution in [0.2, 0.25) is 0 Å². The first-order chi connectivity index (χ1) is 30.7. The van der Waals surface area contributed by atoms with Crippen LogP contribution in [-0.2, 0) is 36.0 Å². The van der Waals surface area contributed by atoms with Gasteiger partial charge >= 0.3 is 40.9 Å². The molecule has 4 aromatic carbocycles. The first kappa shape index (κ1) is 44.3. The van der Waals surface area contributed by atoms with E-state index < -0.39 is 48.3 Å². The molecule has 7 aromatic rings. The van der Waals surface area contributed by atoms with Gasteiger partial charge in [-0.05, 0) is 90.4 Å². The molecule has 0 saturated carbocycles. The molecule has 16 nitrogen and oxygen atoms in total.